The average Bonchev–Trinajstić information content (AvgIpc) is 3.52. The van der Waals surface area contributed by atoms with Crippen molar-refractivity contribution in [3.8, 4) is 0 Å². The van der Waals surface area contributed by atoms with Crippen LogP contribution in [-0.2, 0) is 12.8 Å². The molecule has 0 unspecified atom stereocenters. The van der Waals surface area contributed by atoms with Crippen molar-refractivity contribution in [2.24, 2.45) is 0 Å². The molecule has 0 aromatic carbocycles. The van der Waals surface area contributed by atoms with Crippen LogP contribution in [0.1, 0.15) is 22.8 Å². The predicted octanol–water partition coefficient (Wildman–Crippen LogP) is 1.82. The number of H-pyrrole nitrogens is 2. The lowest BCUT2D eigenvalue weighted by Gasteiger charge is -2.29. The maximum absolute atomic E-state index is 6.05. The van der Waals surface area contributed by atoms with Crippen molar-refractivity contribution in [3.63, 3.8) is 0 Å². The monoisotopic (exact) mass is 534 g/mol. The Balaban J connectivity index is 1.53. The molecular formula is C25H38N14. The van der Waals surface area contributed by atoms with E-state index in [0.29, 0.717) is 49.5 Å². The highest BCUT2D eigenvalue weighted by atomic mass is 15.4. The minimum absolute atomic E-state index is 0.161. The second-order valence-electron chi connectivity index (χ2n) is 9.58. The van der Waals surface area contributed by atoms with Crippen molar-refractivity contribution < 1.29 is 0 Å². The Morgan fingerprint density at radius 3 is 2.03 bits per heavy atom. The molecule has 0 atom stereocenters. The van der Waals surface area contributed by atoms with Crippen LogP contribution in [0.3, 0.4) is 0 Å². The zero-order valence-electron chi connectivity index (χ0n) is 23.4. The highest BCUT2D eigenvalue weighted by molar-refractivity contribution is 5.47. The van der Waals surface area contributed by atoms with E-state index >= 15 is 0 Å². The number of aryl methyl sites for hydroxylation is 2. The summed E-state index contributed by atoms with van der Waals surface area (Å²) in [6.07, 6.45) is 1.58. The molecule has 0 spiro atoms. The summed E-state index contributed by atoms with van der Waals surface area (Å²) in [5.74, 6) is 2.59. The van der Waals surface area contributed by atoms with Gasteiger partial charge < -0.3 is 41.0 Å². The van der Waals surface area contributed by atoms with Crippen LogP contribution in [0.25, 0.3) is 0 Å². The summed E-state index contributed by atoms with van der Waals surface area (Å²) in [6, 6.07) is 8.30. The molecule has 6 N–H and O–H groups in total. The molecule has 0 aliphatic heterocycles. The van der Waals surface area contributed by atoms with Gasteiger partial charge in [-0.3, -0.25) is 0 Å². The summed E-state index contributed by atoms with van der Waals surface area (Å²) in [7, 11) is 7.44. The Kier molecular flexibility index (Phi) is 8.63. The van der Waals surface area contributed by atoms with Gasteiger partial charge in [0, 0.05) is 76.9 Å². The van der Waals surface area contributed by atoms with Crippen LogP contribution in [0.15, 0.2) is 24.3 Å². The molecule has 4 aromatic rings. The van der Waals surface area contributed by atoms with E-state index < -0.39 is 0 Å². The number of hydrogen-bond acceptors (Lipinski definition) is 12. The van der Waals surface area contributed by atoms with Gasteiger partial charge in [-0.15, -0.1) is 0 Å². The summed E-state index contributed by atoms with van der Waals surface area (Å²) in [5, 5.41) is 6.34. The van der Waals surface area contributed by atoms with Gasteiger partial charge in [0.25, 0.3) is 0 Å². The highest BCUT2D eigenvalue weighted by Gasteiger charge is 2.19. The molecule has 4 aromatic heterocycles. The first kappa shape index (κ1) is 27.4. The summed E-state index contributed by atoms with van der Waals surface area (Å²) in [5.41, 5.74) is 10.6. The van der Waals surface area contributed by atoms with Crippen LogP contribution in [0.5, 0.6) is 0 Å². The number of nitrogen functional groups attached to an aromatic ring is 1. The van der Waals surface area contributed by atoms with E-state index in [0.717, 1.165) is 35.6 Å². The van der Waals surface area contributed by atoms with E-state index in [1.54, 1.807) is 11.9 Å². The van der Waals surface area contributed by atoms with E-state index in [1.165, 1.54) is 0 Å². The molecule has 208 valence electrons. The Morgan fingerprint density at radius 2 is 1.41 bits per heavy atom. The van der Waals surface area contributed by atoms with Crippen molar-refractivity contribution in [1.82, 2.24) is 39.9 Å². The maximum atomic E-state index is 6.05. The molecule has 14 heteroatoms. The number of rotatable bonds is 13. The number of anilines is 6. The quantitative estimate of drug-likeness (QED) is 0.158. The summed E-state index contributed by atoms with van der Waals surface area (Å²) in [4.78, 5) is 39.6. The van der Waals surface area contributed by atoms with Crippen LogP contribution >= 0.6 is 0 Å². The van der Waals surface area contributed by atoms with Gasteiger partial charge in [-0.25, -0.2) is 0 Å². The number of nitrogens with zero attached hydrogens (tertiary/aromatic N) is 9. The number of nitrogens with two attached hydrogens (primary N) is 1. The third-order valence-corrected chi connectivity index (χ3v) is 6.00. The van der Waals surface area contributed by atoms with Gasteiger partial charge in [0.2, 0.25) is 35.7 Å². The van der Waals surface area contributed by atoms with E-state index in [2.05, 4.69) is 74.8 Å². The topological polar surface area (TPSA) is 169 Å². The smallest absolute Gasteiger partial charge is 0.233 e. The third kappa shape index (κ3) is 7.46. The molecule has 0 bridgehead atoms. The molecule has 0 aliphatic carbocycles. The van der Waals surface area contributed by atoms with Crippen LogP contribution in [-0.4, -0.2) is 87.8 Å². The lowest BCUT2D eigenvalue weighted by molar-refractivity contribution is 0.712. The Hall–Kier alpha value is -4.62. The molecule has 0 amide bonds. The van der Waals surface area contributed by atoms with Gasteiger partial charge in [0.05, 0.1) is 6.67 Å². The number of hydrogen-bond donors (Lipinski definition) is 5. The van der Waals surface area contributed by atoms with Crippen LogP contribution in [0, 0.1) is 13.8 Å². The third-order valence-electron chi connectivity index (χ3n) is 6.00. The molecule has 0 fully saturated rings. The second kappa shape index (κ2) is 12.3. The van der Waals surface area contributed by atoms with Gasteiger partial charge in [-0.1, -0.05) is 0 Å². The van der Waals surface area contributed by atoms with Crippen LogP contribution in [0.4, 0.5) is 35.7 Å². The molecule has 39 heavy (non-hydrogen) atoms. The maximum Gasteiger partial charge on any atom is 0.233 e. The van der Waals surface area contributed by atoms with E-state index in [4.69, 9.17) is 5.73 Å². The van der Waals surface area contributed by atoms with Crippen molar-refractivity contribution in [2.45, 2.75) is 26.7 Å². The molecule has 4 rings (SSSR count). The Labute approximate surface area is 228 Å². The lowest BCUT2D eigenvalue weighted by atomic mass is 10.3. The fourth-order valence-electron chi connectivity index (χ4n) is 3.97. The van der Waals surface area contributed by atoms with Crippen molar-refractivity contribution in [3.05, 3.63) is 47.0 Å². The van der Waals surface area contributed by atoms with Gasteiger partial charge in [-0.05, 0) is 38.1 Å². The SMILES string of the molecule is CNc1nc(NCCc2ccc(C)[nH]2)nc(N(C)CN(CCc2ccc(C)[nH]2)c2nc(N)nc(N(C)C)n2)n1. The predicted molar refractivity (Wildman–Crippen MR) is 156 cm³/mol. The fourth-order valence-corrected chi connectivity index (χ4v) is 3.97. The molecule has 14 nitrogen and oxygen atoms in total. The highest BCUT2D eigenvalue weighted by Crippen LogP contribution is 2.18. The van der Waals surface area contributed by atoms with Crippen molar-refractivity contribution >= 4 is 35.7 Å². The fraction of sp³-hybridized carbons (Fsp3) is 0.440. The molecule has 0 aliphatic rings. The molecular weight excluding hydrogens is 496 g/mol. The lowest BCUT2D eigenvalue weighted by Crippen LogP contribution is -2.39. The minimum Gasteiger partial charge on any atom is -0.368 e. The van der Waals surface area contributed by atoms with Gasteiger partial charge >= 0.3 is 0 Å². The zero-order chi connectivity index (χ0) is 27.9. The standard InChI is InChI=1S/C25H38N14/c1-16-7-9-18(29-16)11-13-28-22-33-21(27-3)34-24(35-22)38(6)15-39(14-12-19-10-8-17(2)30-19)25-32-20(26)31-23(36-25)37(4)5/h7-10,29-30H,11-15H2,1-6H3,(H2,26,31,32,36)(H2,27,28,33,34,35). The number of aromatic nitrogens is 8. The van der Waals surface area contributed by atoms with Crippen LogP contribution in [0.2, 0.25) is 0 Å². The molecule has 0 radical (unpaired) electrons. The minimum atomic E-state index is 0.161. The Bertz CT molecular complexity index is 1360. The van der Waals surface area contributed by atoms with Gasteiger partial charge in [0.15, 0.2) is 0 Å². The van der Waals surface area contributed by atoms with Gasteiger partial charge in [-0.2, -0.15) is 29.9 Å². The average molecular weight is 535 g/mol. The first-order chi connectivity index (χ1) is 18.7. The summed E-state index contributed by atoms with van der Waals surface area (Å²) in [6.45, 7) is 5.79. The van der Waals surface area contributed by atoms with Crippen molar-refractivity contribution in [1.29, 1.82) is 0 Å². The largest absolute Gasteiger partial charge is 0.368 e. The second-order valence-corrected chi connectivity index (χ2v) is 9.58. The summed E-state index contributed by atoms with van der Waals surface area (Å²) < 4.78 is 0. The normalized spacial score (nSPS) is 10.9. The first-order valence-electron chi connectivity index (χ1n) is 12.8. The van der Waals surface area contributed by atoms with E-state index in [9.17, 15) is 0 Å². The number of nitrogens with one attached hydrogen (secondary N) is 4. The van der Waals surface area contributed by atoms with Gasteiger partial charge in [0.1, 0.15) is 0 Å². The molecule has 4 heterocycles. The van der Waals surface area contributed by atoms with E-state index in [-0.39, 0.29) is 5.95 Å². The zero-order valence-corrected chi connectivity index (χ0v) is 23.4. The first-order valence-corrected chi connectivity index (χ1v) is 12.8. The molecule has 0 saturated heterocycles. The van der Waals surface area contributed by atoms with E-state index in [1.807, 2.05) is 44.8 Å². The van der Waals surface area contributed by atoms with Crippen LogP contribution < -0.4 is 31.1 Å². The molecule has 0 saturated carbocycles. The van der Waals surface area contributed by atoms with Crippen molar-refractivity contribution in [2.75, 3.05) is 79.0 Å². The summed E-state index contributed by atoms with van der Waals surface area (Å²) >= 11 is 0. The number of aromatic amines is 2. The Morgan fingerprint density at radius 1 is 0.769 bits per heavy atom.